The summed E-state index contributed by atoms with van der Waals surface area (Å²) < 4.78 is 17.1. The van der Waals surface area contributed by atoms with Gasteiger partial charge < -0.3 is 25.0 Å². The number of amides is 1. The highest BCUT2D eigenvalue weighted by Crippen LogP contribution is 2.36. The molecular weight excluding hydrogens is 791 g/mol. The van der Waals surface area contributed by atoms with Gasteiger partial charge in [0.1, 0.15) is 30.4 Å². The van der Waals surface area contributed by atoms with Crippen molar-refractivity contribution in [3.63, 3.8) is 0 Å². The number of carboxylic acids is 1. The van der Waals surface area contributed by atoms with Crippen LogP contribution in [0.1, 0.15) is 45.7 Å². The largest absolute Gasteiger partial charge is 0.478 e. The van der Waals surface area contributed by atoms with Crippen molar-refractivity contribution < 1.29 is 29.3 Å². The van der Waals surface area contributed by atoms with Gasteiger partial charge in [0.2, 0.25) is 0 Å². The van der Waals surface area contributed by atoms with E-state index in [2.05, 4.69) is 99.1 Å². The maximum atomic E-state index is 13.1. The van der Waals surface area contributed by atoms with Gasteiger partial charge in [0.15, 0.2) is 0 Å². The summed E-state index contributed by atoms with van der Waals surface area (Å²) in [6, 6.07) is 18.8. The van der Waals surface area contributed by atoms with E-state index in [0.717, 1.165) is 42.0 Å². The molecule has 2 aromatic carbocycles. The van der Waals surface area contributed by atoms with E-state index in [1.54, 1.807) is 58.3 Å². The van der Waals surface area contributed by atoms with Gasteiger partial charge >= 0.3 is 5.97 Å². The first-order valence-corrected chi connectivity index (χ1v) is 28.2. The average Bonchev–Trinajstić information content (AvgIpc) is 3.92. The Bertz CT molecular complexity index is 2330. The first-order valence-electron chi connectivity index (χ1n) is 19.2. The van der Waals surface area contributed by atoms with Crippen LogP contribution in [-0.4, -0.2) is 83.2 Å². The Hall–Kier alpha value is -3.97. The summed E-state index contributed by atoms with van der Waals surface area (Å²) >= 11 is 3.18. The number of carboxylic acid groups (broad SMARTS) is 1. The number of aromatic nitrogens is 4. The van der Waals surface area contributed by atoms with Gasteiger partial charge in [-0.2, -0.15) is 10.2 Å². The average molecular weight is 848 g/mol. The first kappa shape index (κ1) is 44.1. The van der Waals surface area contributed by atoms with Crippen LogP contribution >= 0.6 is 22.7 Å². The van der Waals surface area contributed by atoms with Gasteiger partial charge in [0, 0.05) is 51.2 Å². The summed E-state index contributed by atoms with van der Waals surface area (Å²) in [4.78, 5) is 26.5. The molecule has 0 saturated heterocycles. The SMILES string of the molecule is Cc1ccc2sc(-c3nn(COCC[Si](C)(C)C)cc3C(=O)NC(C)(C)CO)cc2c1.Cc1ccc2sc(-c3nn(COCC[Si](C)(C)C)cc3C(=O)O)cc2c1. The summed E-state index contributed by atoms with van der Waals surface area (Å²) in [5.74, 6) is -1.22. The number of thiophene rings is 2. The summed E-state index contributed by atoms with van der Waals surface area (Å²) in [5.41, 5.74) is 3.49. The highest BCUT2D eigenvalue weighted by atomic mass is 32.1. The number of nitrogens with zero attached hydrogens (tertiary/aromatic N) is 4. The fraction of sp³-hybridized carbons (Fsp3) is 0.429. The second kappa shape index (κ2) is 18.3. The van der Waals surface area contributed by atoms with Gasteiger partial charge in [-0.15, -0.1) is 22.7 Å². The minimum Gasteiger partial charge on any atom is -0.478 e. The lowest BCUT2D eigenvalue weighted by Gasteiger charge is -2.23. The molecule has 1 amide bonds. The molecule has 0 radical (unpaired) electrons. The molecule has 4 aromatic heterocycles. The number of aryl methyl sites for hydroxylation is 2. The molecule has 4 heterocycles. The minimum atomic E-state index is -1.17. The van der Waals surface area contributed by atoms with Gasteiger partial charge in [-0.05, 0) is 74.8 Å². The van der Waals surface area contributed by atoms with Gasteiger partial charge in [0.05, 0.1) is 27.5 Å². The maximum absolute atomic E-state index is 13.1. The van der Waals surface area contributed by atoms with Gasteiger partial charge in [-0.25, -0.2) is 14.2 Å². The minimum absolute atomic E-state index is 0.149. The molecule has 0 atom stereocenters. The molecule has 0 saturated carbocycles. The molecule has 0 unspecified atom stereocenters. The van der Waals surface area contributed by atoms with Crippen LogP contribution in [0, 0.1) is 13.8 Å². The molecule has 3 N–H and O–H groups in total. The Morgan fingerprint density at radius 3 is 1.60 bits per heavy atom. The summed E-state index contributed by atoms with van der Waals surface area (Å²) in [5, 5.41) is 33.5. The third-order valence-electron chi connectivity index (χ3n) is 9.10. The molecule has 306 valence electrons. The number of ether oxygens (including phenoxy) is 2. The molecule has 15 heteroatoms. The van der Waals surface area contributed by atoms with E-state index < -0.39 is 27.7 Å². The number of rotatable bonds is 16. The van der Waals surface area contributed by atoms with Crippen molar-refractivity contribution >= 4 is 70.9 Å². The van der Waals surface area contributed by atoms with Crippen LogP contribution in [-0.2, 0) is 22.9 Å². The van der Waals surface area contributed by atoms with E-state index in [0.29, 0.717) is 36.9 Å². The van der Waals surface area contributed by atoms with Gasteiger partial charge in [0.25, 0.3) is 5.91 Å². The van der Waals surface area contributed by atoms with E-state index >= 15 is 0 Å². The lowest BCUT2D eigenvalue weighted by Crippen LogP contribution is -2.46. The number of carbonyl (C=O) groups is 2. The van der Waals surface area contributed by atoms with Crippen LogP contribution in [0.4, 0.5) is 0 Å². The van der Waals surface area contributed by atoms with Crippen molar-refractivity contribution in [1.29, 1.82) is 0 Å². The Labute approximate surface area is 345 Å². The first-order chi connectivity index (χ1) is 26.7. The highest BCUT2D eigenvalue weighted by Gasteiger charge is 2.26. The van der Waals surface area contributed by atoms with Crippen LogP contribution < -0.4 is 5.32 Å². The second-order valence-electron chi connectivity index (χ2n) is 17.7. The van der Waals surface area contributed by atoms with Crippen LogP contribution in [0.5, 0.6) is 0 Å². The summed E-state index contributed by atoms with van der Waals surface area (Å²) in [6.07, 6.45) is 3.30. The molecule has 6 rings (SSSR count). The van der Waals surface area contributed by atoms with E-state index in [1.807, 2.05) is 13.0 Å². The third-order valence-corrected chi connectivity index (χ3v) is 14.7. The molecule has 0 aliphatic carbocycles. The van der Waals surface area contributed by atoms with E-state index in [9.17, 15) is 19.8 Å². The predicted molar refractivity (Wildman–Crippen MR) is 239 cm³/mol. The van der Waals surface area contributed by atoms with Crippen molar-refractivity contribution in [2.24, 2.45) is 0 Å². The summed E-state index contributed by atoms with van der Waals surface area (Å²) in [6.45, 7) is 23.3. The molecule has 0 aliphatic heterocycles. The van der Waals surface area contributed by atoms with Crippen molar-refractivity contribution in [3.05, 3.63) is 83.2 Å². The van der Waals surface area contributed by atoms with Crippen molar-refractivity contribution in [3.8, 4) is 21.1 Å². The number of aliphatic hydroxyl groups excluding tert-OH is 1. The van der Waals surface area contributed by atoms with E-state index in [-0.39, 0.29) is 24.8 Å². The fourth-order valence-corrected chi connectivity index (χ4v) is 9.31. The summed E-state index contributed by atoms with van der Waals surface area (Å²) in [7, 11) is -2.31. The Morgan fingerprint density at radius 1 is 0.737 bits per heavy atom. The van der Waals surface area contributed by atoms with Crippen molar-refractivity contribution in [2.45, 2.75) is 98.1 Å². The number of fused-ring (bicyclic) bond motifs is 2. The van der Waals surface area contributed by atoms with Gasteiger partial charge in [-0.3, -0.25) is 4.79 Å². The van der Waals surface area contributed by atoms with Crippen molar-refractivity contribution in [1.82, 2.24) is 24.9 Å². The zero-order chi connectivity index (χ0) is 41.7. The quantitative estimate of drug-likeness (QED) is 0.0646. The lowest BCUT2D eigenvalue weighted by atomic mass is 10.1. The molecule has 0 bridgehead atoms. The molecule has 11 nitrogen and oxygen atoms in total. The zero-order valence-corrected chi connectivity index (χ0v) is 38.5. The predicted octanol–water partition coefficient (Wildman–Crippen LogP) is 9.97. The lowest BCUT2D eigenvalue weighted by molar-refractivity contribution is 0.0693. The Kier molecular flexibility index (Phi) is 14.2. The van der Waals surface area contributed by atoms with Crippen LogP contribution in [0.25, 0.3) is 41.3 Å². The molecular formula is C42H57N5O6S2Si2. The number of hydrogen-bond acceptors (Lipinski definition) is 9. The Morgan fingerprint density at radius 2 is 1.18 bits per heavy atom. The maximum Gasteiger partial charge on any atom is 0.339 e. The third kappa shape index (κ3) is 12.5. The number of benzene rings is 2. The number of nitrogens with one attached hydrogen (secondary N) is 1. The van der Waals surface area contributed by atoms with Crippen LogP contribution in [0.3, 0.4) is 0 Å². The van der Waals surface area contributed by atoms with Gasteiger partial charge in [-0.1, -0.05) is 74.7 Å². The highest BCUT2D eigenvalue weighted by molar-refractivity contribution is 7.22. The fourth-order valence-electron chi connectivity index (χ4n) is 5.71. The van der Waals surface area contributed by atoms with E-state index in [4.69, 9.17) is 14.6 Å². The molecule has 57 heavy (non-hydrogen) atoms. The normalized spacial score (nSPS) is 12.3. The number of carbonyl (C=O) groups excluding carboxylic acids is 1. The van der Waals surface area contributed by atoms with Crippen molar-refractivity contribution in [2.75, 3.05) is 19.8 Å². The standard InChI is InChI=1S/C23H33N3O3SSi.C19H24N2O3SSi/c1-16-7-8-19-17(11-16)12-20(30-19)21-18(22(28)24-23(2,3)14-27)13-26(25-21)15-29-9-10-31(4,5)6;1-13-5-6-16-14(9-13)10-17(25-16)18-15(19(22)23)11-21(20-18)12-24-7-8-26(2,3)4/h7-8,11-13,27H,9-10,14-15H2,1-6H3,(H,24,28);5-6,9-11H,7-8,12H2,1-4H3,(H,22,23). The van der Waals surface area contributed by atoms with Crippen LogP contribution in [0.15, 0.2) is 60.9 Å². The molecule has 6 aromatic rings. The van der Waals surface area contributed by atoms with E-state index in [1.165, 1.54) is 11.1 Å². The smallest absolute Gasteiger partial charge is 0.339 e. The number of aromatic carboxylic acids is 1. The molecule has 0 fully saturated rings. The molecule has 0 spiro atoms. The second-order valence-corrected chi connectivity index (χ2v) is 31.1. The topological polar surface area (TPSA) is 141 Å². The number of hydrogen-bond donors (Lipinski definition) is 3. The van der Waals surface area contributed by atoms with Crippen LogP contribution in [0.2, 0.25) is 51.4 Å². The molecule has 0 aliphatic rings. The number of aliphatic hydroxyl groups is 1. The Balaban J connectivity index is 0.000000221. The monoisotopic (exact) mass is 847 g/mol. The zero-order valence-electron chi connectivity index (χ0n) is 34.9.